The van der Waals surface area contributed by atoms with Gasteiger partial charge in [-0.15, -0.1) is 11.3 Å². The van der Waals surface area contributed by atoms with Gasteiger partial charge in [-0.3, -0.25) is 0 Å². The molecule has 18 heavy (non-hydrogen) atoms. The van der Waals surface area contributed by atoms with Crippen LogP contribution in [0.1, 0.15) is 4.88 Å². The molecular formula is C13H11BrN2S2. The molecule has 2 nitrogen and oxygen atoms in total. The van der Waals surface area contributed by atoms with Gasteiger partial charge in [-0.2, -0.15) is 0 Å². The van der Waals surface area contributed by atoms with Gasteiger partial charge >= 0.3 is 0 Å². The fraction of sp³-hybridized carbons (Fsp3) is 0.154. The molecule has 0 saturated carbocycles. The quantitative estimate of drug-likeness (QED) is 0.682. The lowest BCUT2D eigenvalue weighted by Crippen LogP contribution is -2.00. The van der Waals surface area contributed by atoms with Gasteiger partial charge in [-0.25, -0.2) is 0 Å². The minimum absolute atomic E-state index is 0.791. The van der Waals surface area contributed by atoms with E-state index in [2.05, 4.69) is 55.1 Å². The molecule has 0 aliphatic carbocycles. The molecule has 0 saturated heterocycles. The van der Waals surface area contributed by atoms with Crippen molar-refractivity contribution in [2.24, 2.45) is 0 Å². The van der Waals surface area contributed by atoms with Crippen LogP contribution in [0.15, 0.2) is 40.2 Å². The summed E-state index contributed by atoms with van der Waals surface area (Å²) in [6, 6.07) is 10.5. The molecule has 1 N–H and O–H groups in total. The summed E-state index contributed by atoms with van der Waals surface area (Å²) in [5.41, 5.74) is 2.25. The second kappa shape index (κ2) is 4.99. The maximum absolute atomic E-state index is 5.39. The number of aromatic amines is 1. The number of hydrogen-bond acceptors (Lipinski definition) is 2. The molecule has 92 valence electrons. The number of benzene rings is 1. The molecule has 0 aliphatic heterocycles. The number of halogens is 1. The van der Waals surface area contributed by atoms with Crippen LogP contribution in [-0.2, 0) is 13.0 Å². The van der Waals surface area contributed by atoms with Crippen LogP contribution in [0.25, 0.3) is 11.0 Å². The third-order valence-corrected chi connectivity index (χ3v) is 4.65. The second-order valence-electron chi connectivity index (χ2n) is 4.07. The van der Waals surface area contributed by atoms with Crippen LogP contribution in [0.2, 0.25) is 0 Å². The molecule has 0 radical (unpaired) electrons. The molecule has 0 fully saturated rings. The average Bonchev–Trinajstić information content (AvgIpc) is 2.93. The fourth-order valence-electron chi connectivity index (χ4n) is 2.03. The minimum atomic E-state index is 0.791. The molecule has 0 spiro atoms. The Labute approximate surface area is 122 Å². The van der Waals surface area contributed by atoms with Crippen molar-refractivity contribution in [2.75, 3.05) is 0 Å². The number of rotatable bonds is 3. The molecule has 0 atom stereocenters. The summed E-state index contributed by atoms with van der Waals surface area (Å²) in [7, 11) is 0. The van der Waals surface area contributed by atoms with Gasteiger partial charge in [0.25, 0.3) is 0 Å². The SMILES string of the molecule is S=c1[nH]c2cc(Br)ccc2n1CCc1cccs1. The van der Waals surface area contributed by atoms with Gasteiger partial charge in [0.1, 0.15) is 0 Å². The molecule has 5 heteroatoms. The summed E-state index contributed by atoms with van der Waals surface area (Å²) < 4.78 is 4.02. The van der Waals surface area contributed by atoms with Gasteiger partial charge in [0.05, 0.1) is 11.0 Å². The topological polar surface area (TPSA) is 20.7 Å². The van der Waals surface area contributed by atoms with Gasteiger partial charge in [-0.05, 0) is 48.3 Å². The van der Waals surface area contributed by atoms with E-state index in [1.807, 2.05) is 6.07 Å². The lowest BCUT2D eigenvalue weighted by Gasteiger charge is -2.03. The second-order valence-corrected chi connectivity index (χ2v) is 6.41. The van der Waals surface area contributed by atoms with Crippen molar-refractivity contribution < 1.29 is 0 Å². The molecule has 3 rings (SSSR count). The number of aromatic nitrogens is 2. The minimum Gasteiger partial charge on any atom is -0.331 e. The smallest absolute Gasteiger partial charge is 0.178 e. The molecule has 3 aromatic rings. The maximum atomic E-state index is 5.39. The monoisotopic (exact) mass is 338 g/mol. The predicted octanol–water partition coefficient (Wildman–Crippen LogP) is 4.77. The molecule has 0 bridgehead atoms. The van der Waals surface area contributed by atoms with Crippen LogP contribution in [0.4, 0.5) is 0 Å². The van der Waals surface area contributed by atoms with E-state index in [0.717, 1.165) is 27.7 Å². The first-order chi connectivity index (χ1) is 8.74. The Balaban J connectivity index is 1.96. The third-order valence-electron chi connectivity index (χ3n) is 2.90. The van der Waals surface area contributed by atoms with Crippen molar-refractivity contribution in [3.63, 3.8) is 0 Å². The van der Waals surface area contributed by atoms with E-state index in [9.17, 15) is 0 Å². The Morgan fingerprint density at radius 3 is 3.00 bits per heavy atom. The zero-order valence-corrected chi connectivity index (χ0v) is 12.7. The molecule has 2 aromatic heterocycles. The first kappa shape index (κ1) is 12.1. The fourth-order valence-corrected chi connectivity index (χ4v) is 3.39. The summed E-state index contributed by atoms with van der Waals surface area (Å²) in [6.07, 6.45) is 1.02. The molecule has 1 aromatic carbocycles. The van der Waals surface area contributed by atoms with Gasteiger partial charge in [0, 0.05) is 15.9 Å². The van der Waals surface area contributed by atoms with Crippen LogP contribution >= 0.6 is 39.5 Å². The lowest BCUT2D eigenvalue weighted by atomic mass is 10.3. The van der Waals surface area contributed by atoms with Crippen LogP contribution in [0.3, 0.4) is 0 Å². The lowest BCUT2D eigenvalue weighted by molar-refractivity contribution is 0.712. The Morgan fingerprint density at radius 1 is 1.33 bits per heavy atom. The largest absolute Gasteiger partial charge is 0.331 e. The summed E-state index contributed by atoms with van der Waals surface area (Å²) in [5, 5.41) is 2.11. The van der Waals surface area contributed by atoms with Crippen LogP contribution in [0, 0.1) is 4.77 Å². The number of nitrogens with zero attached hydrogens (tertiary/aromatic N) is 1. The standard InChI is InChI=1S/C13H11BrN2S2/c14-9-3-4-12-11(8-9)15-13(17)16(12)6-5-10-2-1-7-18-10/h1-4,7-8H,5-6H2,(H,15,17). The molecule has 0 unspecified atom stereocenters. The van der Waals surface area contributed by atoms with Crippen LogP contribution in [-0.4, -0.2) is 9.55 Å². The van der Waals surface area contributed by atoms with E-state index in [4.69, 9.17) is 12.2 Å². The van der Waals surface area contributed by atoms with E-state index in [-0.39, 0.29) is 0 Å². The predicted molar refractivity (Wildman–Crippen MR) is 82.8 cm³/mol. The third kappa shape index (κ3) is 2.30. The normalized spacial score (nSPS) is 11.2. The maximum Gasteiger partial charge on any atom is 0.178 e. The van der Waals surface area contributed by atoms with E-state index < -0.39 is 0 Å². The Bertz CT molecular complexity index is 725. The number of aryl methyl sites for hydroxylation is 2. The number of nitrogens with one attached hydrogen (secondary N) is 1. The van der Waals surface area contributed by atoms with E-state index in [1.54, 1.807) is 11.3 Å². The first-order valence-electron chi connectivity index (χ1n) is 5.64. The Morgan fingerprint density at radius 2 is 2.22 bits per heavy atom. The van der Waals surface area contributed by atoms with Gasteiger partial charge < -0.3 is 9.55 Å². The molecule has 0 amide bonds. The zero-order valence-electron chi connectivity index (χ0n) is 9.52. The van der Waals surface area contributed by atoms with Crippen LogP contribution in [0.5, 0.6) is 0 Å². The number of fused-ring (bicyclic) bond motifs is 1. The Kier molecular flexibility index (Phi) is 3.37. The highest BCUT2D eigenvalue weighted by Crippen LogP contribution is 2.20. The zero-order chi connectivity index (χ0) is 12.5. The number of imidazole rings is 1. The average molecular weight is 339 g/mol. The highest BCUT2D eigenvalue weighted by atomic mass is 79.9. The van der Waals surface area contributed by atoms with Gasteiger partial charge in [-0.1, -0.05) is 22.0 Å². The van der Waals surface area contributed by atoms with Crippen molar-refractivity contribution in [1.82, 2.24) is 9.55 Å². The van der Waals surface area contributed by atoms with Crippen LogP contribution < -0.4 is 0 Å². The summed E-state index contributed by atoms with van der Waals surface area (Å²) in [4.78, 5) is 4.64. The van der Waals surface area contributed by atoms with E-state index in [0.29, 0.717) is 0 Å². The summed E-state index contributed by atoms with van der Waals surface area (Å²) in [5.74, 6) is 0. The highest BCUT2D eigenvalue weighted by molar-refractivity contribution is 9.10. The van der Waals surface area contributed by atoms with Gasteiger partial charge in [0.15, 0.2) is 4.77 Å². The first-order valence-corrected chi connectivity index (χ1v) is 7.72. The number of H-pyrrole nitrogens is 1. The molecule has 0 aliphatic rings. The van der Waals surface area contributed by atoms with Crippen molar-refractivity contribution in [2.45, 2.75) is 13.0 Å². The van der Waals surface area contributed by atoms with Crippen molar-refractivity contribution in [1.29, 1.82) is 0 Å². The number of hydrogen-bond donors (Lipinski definition) is 1. The van der Waals surface area contributed by atoms with Crippen molar-refractivity contribution in [3.8, 4) is 0 Å². The Hall–Kier alpha value is -0.910. The number of thiophene rings is 1. The highest BCUT2D eigenvalue weighted by Gasteiger charge is 2.05. The summed E-state index contributed by atoms with van der Waals surface area (Å²) in [6.45, 7) is 0.918. The van der Waals surface area contributed by atoms with E-state index in [1.165, 1.54) is 10.4 Å². The van der Waals surface area contributed by atoms with Crippen molar-refractivity contribution >= 4 is 50.5 Å². The summed E-state index contributed by atoms with van der Waals surface area (Å²) >= 11 is 10.7. The van der Waals surface area contributed by atoms with Gasteiger partial charge in [0.2, 0.25) is 0 Å². The van der Waals surface area contributed by atoms with E-state index >= 15 is 0 Å². The molecule has 2 heterocycles. The molecular weight excluding hydrogens is 328 g/mol. The van der Waals surface area contributed by atoms with Crippen molar-refractivity contribution in [3.05, 3.63) is 49.8 Å².